The fraction of sp³-hybridized carbons (Fsp3) is 0.263. The van der Waals surface area contributed by atoms with E-state index in [9.17, 15) is 12.8 Å². The largest absolute Gasteiger partial charge is 0.483 e. The van der Waals surface area contributed by atoms with Crippen LogP contribution in [0.25, 0.3) is 11.0 Å². The molecule has 0 aliphatic heterocycles. The second-order valence-electron chi connectivity index (χ2n) is 6.43. The summed E-state index contributed by atoms with van der Waals surface area (Å²) in [4.78, 5) is 12.6. The smallest absolute Gasteiger partial charge is 0.290 e. The summed E-state index contributed by atoms with van der Waals surface area (Å²) in [6.07, 6.45) is 5.88. The Hall–Kier alpha value is -2.45. The molecule has 4 rings (SSSR count). The number of nitrogens with zero attached hydrogens (tertiary/aromatic N) is 2. The average Bonchev–Trinajstić information content (AvgIpc) is 3.29. The second kappa shape index (κ2) is 8.28. The normalized spacial score (nSPS) is 14.6. The van der Waals surface area contributed by atoms with Gasteiger partial charge in [0.15, 0.2) is 0 Å². The van der Waals surface area contributed by atoms with Gasteiger partial charge in [0.05, 0.1) is 15.9 Å². The molecular formula is C19H18ClFN2O4S. The summed E-state index contributed by atoms with van der Waals surface area (Å²) in [7, 11) is -3.92. The minimum atomic E-state index is -3.92. The van der Waals surface area contributed by atoms with Crippen LogP contribution in [0.4, 0.5) is 4.39 Å². The molecule has 2 heterocycles. The average molecular weight is 425 g/mol. The highest BCUT2D eigenvalue weighted by Crippen LogP contribution is 2.39. The predicted octanol–water partition coefficient (Wildman–Crippen LogP) is 4.42. The maximum absolute atomic E-state index is 13.5. The summed E-state index contributed by atoms with van der Waals surface area (Å²) < 4.78 is 40.8. The van der Waals surface area contributed by atoms with E-state index in [4.69, 9.17) is 21.5 Å². The molecule has 1 N–H and O–H groups in total. The molecule has 1 aliphatic rings. The first-order chi connectivity index (χ1) is 13.4. The summed E-state index contributed by atoms with van der Waals surface area (Å²) in [5.41, 5.74) is 1.98. The third-order valence-electron chi connectivity index (χ3n) is 4.76. The fourth-order valence-electron chi connectivity index (χ4n) is 3.55. The first-order valence-electron chi connectivity index (χ1n) is 8.65. The third-order valence-corrected chi connectivity index (χ3v) is 6.64. The Morgan fingerprint density at radius 1 is 1.21 bits per heavy atom. The Kier molecular flexibility index (Phi) is 6.00. The monoisotopic (exact) mass is 424 g/mol. The van der Waals surface area contributed by atoms with E-state index in [1.807, 2.05) is 0 Å². The molecule has 1 saturated carbocycles. The van der Waals surface area contributed by atoms with Crippen LogP contribution in [-0.4, -0.2) is 29.0 Å². The first-order valence-corrected chi connectivity index (χ1v) is 10.5. The van der Waals surface area contributed by atoms with Crippen LogP contribution >= 0.6 is 11.6 Å². The zero-order chi connectivity index (χ0) is 20.3. The maximum Gasteiger partial charge on any atom is 0.290 e. The van der Waals surface area contributed by atoms with Gasteiger partial charge in [-0.05, 0) is 49.1 Å². The van der Waals surface area contributed by atoms with Gasteiger partial charge in [-0.15, -0.1) is 0 Å². The Morgan fingerprint density at radius 3 is 2.54 bits per heavy atom. The van der Waals surface area contributed by atoms with Crippen molar-refractivity contribution in [3.8, 4) is 0 Å². The number of fused-ring (bicyclic) bond motifs is 1. The third kappa shape index (κ3) is 3.88. The molecule has 3 aromatic rings. The molecule has 1 fully saturated rings. The van der Waals surface area contributed by atoms with E-state index in [1.54, 1.807) is 18.3 Å². The van der Waals surface area contributed by atoms with Crippen LogP contribution in [-0.2, 0) is 14.8 Å². The number of carbonyl (C=O) groups is 1. The highest BCUT2D eigenvalue weighted by molar-refractivity contribution is 7.90. The second-order valence-corrected chi connectivity index (χ2v) is 8.63. The zero-order valence-electron chi connectivity index (χ0n) is 14.8. The van der Waals surface area contributed by atoms with Crippen molar-refractivity contribution >= 4 is 39.1 Å². The number of carboxylic acid groups (broad SMARTS) is 1. The van der Waals surface area contributed by atoms with E-state index >= 15 is 0 Å². The van der Waals surface area contributed by atoms with E-state index in [0.717, 1.165) is 37.3 Å². The van der Waals surface area contributed by atoms with E-state index in [1.165, 1.54) is 22.2 Å². The van der Waals surface area contributed by atoms with Crippen LogP contribution in [0.5, 0.6) is 0 Å². The van der Waals surface area contributed by atoms with Crippen LogP contribution in [0.15, 0.2) is 47.5 Å². The Balaban J connectivity index is 0.000000706. The standard InChI is InChI=1S/C18H16ClFN2O2S.CH2O2/c19-17-9-8-16-18(21-17)15(12-4-1-2-5-12)11-22(16)25(23,24)14-7-3-6-13(20)10-14;2-1-3/h3,6-12H,1-2,4-5H2;1H,(H,2,3). The minimum absolute atomic E-state index is 0.0858. The lowest BCUT2D eigenvalue weighted by Crippen LogP contribution is -2.12. The number of halogens is 2. The molecule has 1 aliphatic carbocycles. The van der Waals surface area contributed by atoms with Crippen molar-refractivity contribution in [1.82, 2.24) is 8.96 Å². The number of rotatable bonds is 3. The molecule has 6 nitrogen and oxygen atoms in total. The van der Waals surface area contributed by atoms with Gasteiger partial charge in [-0.2, -0.15) is 0 Å². The lowest BCUT2D eigenvalue weighted by molar-refractivity contribution is -0.122. The van der Waals surface area contributed by atoms with Crippen LogP contribution < -0.4 is 0 Å². The Bertz CT molecular complexity index is 1110. The predicted molar refractivity (Wildman–Crippen MR) is 104 cm³/mol. The fourth-order valence-corrected chi connectivity index (χ4v) is 5.10. The number of pyridine rings is 1. The maximum atomic E-state index is 13.5. The quantitative estimate of drug-likeness (QED) is 0.496. The van der Waals surface area contributed by atoms with E-state index in [-0.39, 0.29) is 17.3 Å². The lowest BCUT2D eigenvalue weighted by atomic mass is 10.00. The van der Waals surface area contributed by atoms with Crippen molar-refractivity contribution in [1.29, 1.82) is 0 Å². The van der Waals surface area contributed by atoms with Crippen molar-refractivity contribution in [2.75, 3.05) is 0 Å². The van der Waals surface area contributed by atoms with Gasteiger partial charge in [-0.3, -0.25) is 4.79 Å². The van der Waals surface area contributed by atoms with Gasteiger partial charge in [0, 0.05) is 11.8 Å². The summed E-state index contributed by atoms with van der Waals surface area (Å²) in [5, 5.41) is 7.22. The summed E-state index contributed by atoms with van der Waals surface area (Å²) >= 11 is 6.04. The molecule has 2 aromatic heterocycles. The van der Waals surface area contributed by atoms with Crippen molar-refractivity contribution < 1.29 is 22.7 Å². The highest BCUT2D eigenvalue weighted by Gasteiger charge is 2.27. The van der Waals surface area contributed by atoms with Crippen molar-refractivity contribution in [3.63, 3.8) is 0 Å². The van der Waals surface area contributed by atoms with Crippen molar-refractivity contribution in [2.45, 2.75) is 36.5 Å². The Labute approximate surface area is 166 Å². The molecule has 0 radical (unpaired) electrons. The molecule has 0 unspecified atom stereocenters. The Morgan fingerprint density at radius 2 is 1.89 bits per heavy atom. The molecule has 28 heavy (non-hydrogen) atoms. The number of hydrogen-bond acceptors (Lipinski definition) is 4. The van der Waals surface area contributed by atoms with Crippen LogP contribution in [0.1, 0.15) is 37.2 Å². The zero-order valence-corrected chi connectivity index (χ0v) is 16.3. The summed E-state index contributed by atoms with van der Waals surface area (Å²) in [6.45, 7) is -0.250. The molecule has 148 valence electrons. The lowest BCUT2D eigenvalue weighted by Gasteiger charge is -2.07. The molecule has 0 bridgehead atoms. The minimum Gasteiger partial charge on any atom is -0.483 e. The molecule has 0 saturated heterocycles. The number of aromatic nitrogens is 2. The van der Waals surface area contributed by atoms with Gasteiger partial charge >= 0.3 is 0 Å². The van der Waals surface area contributed by atoms with Gasteiger partial charge in [0.1, 0.15) is 11.0 Å². The summed E-state index contributed by atoms with van der Waals surface area (Å²) in [5.74, 6) is -0.313. The van der Waals surface area contributed by atoms with Gasteiger partial charge < -0.3 is 5.11 Å². The molecule has 1 aromatic carbocycles. The highest BCUT2D eigenvalue weighted by atomic mass is 35.5. The van der Waals surface area contributed by atoms with Gasteiger partial charge in [-0.25, -0.2) is 21.8 Å². The van der Waals surface area contributed by atoms with Crippen molar-refractivity contribution in [3.05, 3.63) is 59.1 Å². The molecular weight excluding hydrogens is 407 g/mol. The molecule has 0 atom stereocenters. The molecule has 0 spiro atoms. The molecule has 0 amide bonds. The van der Waals surface area contributed by atoms with Crippen LogP contribution in [0, 0.1) is 5.82 Å². The van der Waals surface area contributed by atoms with Crippen LogP contribution in [0.3, 0.4) is 0 Å². The van der Waals surface area contributed by atoms with Gasteiger partial charge in [0.25, 0.3) is 16.5 Å². The van der Waals surface area contributed by atoms with E-state index in [2.05, 4.69) is 4.98 Å². The SMILES string of the molecule is O=CO.O=S(=O)(c1cccc(F)c1)n1cc(C2CCCC2)c2nc(Cl)ccc21. The topological polar surface area (TPSA) is 89.3 Å². The van der Waals surface area contributed by atoms with Gasteiger partial charge in [-0.1, -0.05) is 30.5 Å². The number of hydrogen-bond donors (Lipinski definition) is 1. The molecule has 9 heteroatoms. The summed E-state index contributed by atoms with van der Waals surface area (Å²) in [6, 6.07) is 8.25. The van der Waals surface area contributed by atoms with E-state index in [0.29, 0.717) is 16.2 Å². The van der Waals surface area contributed by atoms with Crippen LogP contribution in [0.2, 0.25) is 5.15 Å². The number of benzene rings is 1. The first kappa shape index (κ1) is 20.3. The van der Waals surface area contributed by atoms with E-state index < -0.39 is 15.8 Å². The van der Waals surface area contributed by atoms with Crippen molar-refractivity contribution in [2.24, 2.45) is 0 Å². The van der Waals surface area contributed by atoms with Gasteiger partial charge in [0.2, 0.25) is 0 Å².